The second-order valence-electron chi connectivity index (χ2n) is 7.25. The first-order valence-electron chi connectivity index (χ1n) is 10.1. The summed E-state index contributed by atoms with van der Waals surface area (Å²) in [6.45, 7) is 3.51. The zero-order chi connectivity index (χ0) is 21.4. The van der Waals surface area contributed by atoms with Crippen LogP contribution in [0.1, 0.15) is 15.9 Å². The number of rotatable bonds is 9. The lowest BCUT2D eigenvalue weighted by atomic mass is 10.1. The first kappa shape index (κ1) is 25.7. The van der Waals surface area contributed by atoms with Crippen molar-refractivity contribution < 1.29 is 13.2 Å². The normalized spacial score (nSPS) is 15.3. The van der Waals surface area contributed by atoms with Crippen LogP contribution < -0.4 is 5.32 Å². The molecule has 31 heavy (non-hydrogen) atoms. The van der Waals surface area contributed by atoms with Crippen LogP contribution in [0, 0.1) is 0 Å². The fraction of sp³-hybridized carbons (Fsp3) is 0.409. The van der Waals surface area contributed by atoms with E-state index >= 15 is 0 Å². The third-order valence-electron chi connectivity index (χ3n) is 5.28. The minimum atomic E-state index is -3.38. The van der Waals surface area contributed by atoms with Gasteiger partial charge in [0.2, 0.25) is 10.0 Å². The summed E-state index contributed by atoms with van der Waals surface area (Å²) in [6.07, 6.45) is 2.88. The Labute approximate surface area is 195 Å². The molecule has 1 saturated heterocycles. The van der Waals surface area contributed by atoms with Crippen molar-refractivity contribution in [3.63, 3.8) is 0 Å². The SMILES string of the molecule is CSc1ccccc1C(=O)NCCS(=O)(=O)N1CCN(CCc2ccccc2)CC1.Cl. The summed E-state index contributed by atoms with van der Waals surface area (Å²) >= 11 is 1.50. The molecule has 6 nitrogen and oxygen atoms in total. The fourth-order valence-electron chi connectivity index (χ4n) is 3.51. The molecule has 0 aliphatic carbocycles. The molecule has 9 heteroatoms. The maximum absolute atomic E-state index is 12.7. The van der Waals surface area contributed by atoms with Crippen LogP contribution in [0.2, 0.25) is 0 Å². The van der Waals surface area contributed by atoms with E-state index in [1.54, 1.807) is 10.4 Å². The van der Waals surface area contributed by atoms with Crippen LogP contribution in [-0.2, 0) is 16.4 Å². The quantitative estimate of drug-likeness (QED) is 0.555. The minimum absolute atomic E-state index is 0. The van der Waals surface area contributed by atoms with Crippen LogP contribution in [0.15, 0.2) is 59.5 Å². The molecule has 1 fully saturated rings. The Kier molecular flexibility index (Phi) is 10.3. The van der Waals surface area contributed by atoms with Gasteiger partial charge in [-0.25, -0.2) is 8.42 Å². The molecule has 1 N–H and O–H groups in total. The zero-order valence-corrected chi connectivity index (χ0v) is 20.1. The Balaban J connectivity index is 0.00000341. The van der Waals surface area contributed by atoms with Crippen molar-refractivity contribution in [2.45, 2.75) is 11.3 Å². The second-order valence-corrected chi connectivity index (χ2v) is 10.2. The van der Waals surface area contributed by atoms with Gasteiger partial charge in [0.25, 0.3) is 5.91 Å². The van der Waals surface area contributed by atoms with Crippen molar-refractivity contribution >= 4 is 40.1 Å². The van der Waals surface area contributed by atoms with E-state index in [2.05, 4.69) is 22.3 Å². The van der Waals surface area contributed by atoms with Crippen molar-refractivity contribution in [3.8, 4) is 0 Å². The van der Waals surface area contributed by atoms with Gasteiger partial charge in [0, 0.05) is 44.2 Å². The lowest BCUT2D eigenvalue weighted by Crippen LogP contribution is -2.50. The number of thioether (sulfide) groups is 1. The number of sulfonamides is 1. The standard InChI is InChI=1S/C22H29N3O3S2.ClH/c1-29-21-10-6-5-9-20(21)22(26)23-12-18-30(27,28)25-16-14-24(15-17-25)13-11-19-7-3-2-4-8-19;/h2-10H,11-18H2,1H3,(H,23,26);1H. The van der Waals surface area contributed by atoms with Gasteiger partial charge >= 0.3 is 0 Å². The largest absolute Gasteiger partial charge is 0.351 e. The van der Waals surface area contributed by atoms with Crippen molar-refractivity contribution in [2.75, 3.05) is 51.3 Å². The Bertz CT molecular complexity index is 934. The van der Waals surface area contributed by atoms with Crippen LogP contribution in [-0.4, -0.2) is 74.8 Å². The molecule has 0 spiro atoms. The monoisotopic (exact) mass is 483 g/mol. The predicted octanol–water partition coefficient (Wildman–Crippen LogP) is 2.75. The number of halogens is 1. The topological polar surface area (TPSA) is 69.7 Å². The Morgan fingerprint density at radius 1 is 1.00 bits per heavy atom. The van der Waals surface area contributed by atoms with E-state index in [1.807, 2.05) is 42.7 Å². The summed E-state index contributed by atoms with van der Waals surface area (Å²) in [4.78, 5) is 15.6. The Hall–Kier alpha value is -1.58. The average molecular weight is 484 g/mol. The molecule has 0 atom stereocenters. The molecular formula is C22H30ClN3O3S2. The molecular weight excluding hydrogens is 454 g/mol. The van der Waals surface area contributed by atoms with Crippen molar-refractivity contribution in [1.29, 1.82) is 0 Å². The first-order chi connectivity index (χ1) is 14.5. The Morgan fingerprint density at radius 2 is 1.65 bits per heavy atom. The van der Waals surface area contributed by atoms with Crippen LogP contribution in [0.3, 0.4) is 0 Å². The van der Waals surface area contributed by atoms with E-state index in [9.17, 15) is 13.2 Å². The Morgan fingerprint density at radius 3 is 2.32 bits per heavy atom. The molecule has 1 heterocycles. The van der Waals surface area contributed by atoms with Gasteiger partial charge in [-0.1, -0.05) is 42.5 Å². The number of nitrogens with one attached hydrogen (secondary N) is 1. The number of piperazine rings is 1. The summed E-state index contributed by atoms with van der Waals surface area (Å²) in [5.74, 6) is -0.314. The number of carbonyl (C=O) groups is 1. The summed E-state index contributed by atoms with van der Waals surface area (Å²) in [5, 5.41) is 2.75. The van der Waals surface area contributed by atoms with Gasteiger partial charge in [-0.2, -0.15) is 4.31 Å². The molecule has 2 aromatic rings. The molecule has 1 aliphatic heterocycles. The molecule has 0 aromatic heterocycles. The first-order valence-corrected chi connectivity index (χ1v) is 13.0. The summed E-state index contributed by atoms with van der Waals surface area (Å²) in [6, 6.07) is 17.7. The van der Waals surface area contributed by atoms with E-state index < -0.39 is 10.0 Å². The van der Waals surface area contributed by atoms with Gasteiger partial charge in [-0.05, 0) is 30.4 Å². The molecule has 2 aromatic carbocycles. The third-order valence-corrected chi connectivity index (χ3v) is 7.95. The van der Waals surface area contributed by atoms with Crippen molar-refractivity contribution in [2.24, 2.45) is 0 Å². The summed E-state index contributed by atoms with van der Waals surface area (Å²) < 4.78 is 26.9. The number of benzene rings is 2. The number of hydrogen-bond donors (Lipinski definition) is 1. The van der Waals surface area contributed by atoms with Gasteiger partial charge < -0.3 is 10.2 Å². The van der Waals surface area contributed by atoms with Gasteiger partial charge in [0.1, 0.15) is 0 Å². The van der Waals surface area contributed by atoms with Gasteiger partial charge in [0.15, 0.2) is 0 Å². The van der Waals surface area contributed by atoms with Crippen LogP contribution in [0.4, 0.5) is 0 Å². The highest BCUT2D eigenvalue weighted by Crippen LogP contribution is 2.19. The summed E-state index contributed by atoms with van der Waals surface area (Å²) in [7, 11) is -3.38. The van der Waals surface area contributed by atoms with Crippen molar-refractivity contribution in [3.05, 3.63) is 65.7 Å². The lowest BCUT2D eigenvalue weighted by Gasteiger charge is -2.34. The lowest BCUT2D eigenvalue weighted by molar-refractivity contribution is 0.0953. The zero-order valence-electron chi connectivity index (χ0n) is 17.7. The molecule has 0 bridgehead atoms. The van der Waals surface area contributed by atoms with E-state index in [0.29, 0.717) is 18.7 Å². The van der Waals surface area contributed by atoms with Gasteiger partial charge in [-0.3, -0.25) is 4.79 Å². The van der Waals surface area contributed by atoms with E-state index in [4.69, 9.17) is 0 Å². The van der Waals surface area contributed by atoms with Crippen LogP contribution in [0.5, 0.6) is 0 Å². The smallest absolute Gasteiger partial charge is 0.252 e. The molecule has 1 amide bonds. The van der Waals surface area contributed by atoms with Crippen molar-refractivity contribution in [1.82, 2.24) is 14.5 Å². The maximum Gasteiger partial charge on any atom is 0.252 e. The second kappa shape index (κ2) is 12.5. The van der Waals surface area contributed by atoms with Crippen LogP contribution in [0.25, 0.3) is 0 Å². The molecule has 3 rings (SSSR count). The summed E-state index contributed by atoms with van der Waals surface area (Å²) in [5.41, 5.74) is 1.88. The highest BCUT2D eigenvalue weighted by molar-refractivity contribution is 7.98. The van der Waals surface area contributed by atoms with E-state index in [-0.39, 0.29) is 30.6 Å². The molecule has 170 valence electrons. The fourth-order valence-corrected chi connectivity index (χ4v) is 5.45. The van der Waals surface area contributed by atoms with Crippen LogP contribution >= 0.6 is 24.2 Å². The van der Waals surface area contributed by atoms with E-state index in [0.717, 1.165) is 31.0 Å². The predicted molar refractivity (Wildman–Crippen MR) is 130 cm³/mol. The van der Waals surface area contributed by atoms with Gasteiger partial charge in [0.05, 0.1) is 11.3 Å². The molecule has 1 aliphatic rings. The average Bonchev–Trinajstić information content (AvgIpc) is 2.78. The highest BCUT2D eigenvalue weighted by Gasteiger charge is 2.26. The van der Waals surface area contributed by atoms with Gasteiger partial charge in [-0.15, -0.1) is 24.2 Å². The number of amides is 1. The highest BCUT2D eigenvalue weighted by atomic mass is 35.5. The molecule has 0 saturated carbocycles. The number of hydrogen-bond acceptors (Lipinski definition) is 5. The molecule has 0 radical (unpaired) electrons. The van der Waals surface area contributed by atoms with E-state index in [1.165, 1.54) is 17.3 Å². The minimum Gasteiger partial charge on any atom is -0.351 e. The molecule has 0 unspecified atom stereocenters. The number of nitrogens with zero attached hydrogens (tertiary/aromatic N) is 2. The maximum atomic E-state index is 12.7. The number of carbonyl (C=O) groups excluding carboxylic acids is 1. The third kappa shape index (κ3) is 7.50.